The van der Waals surface area contributed by atoms with Crippen molar-refractivity contribution in [1.29, 1.82) is 0 Å². The zero-order valence-corrected chi connectivity index (χ0v) is 11.3. The lowest BCUT2D eigenvalue weighted by Crippen LogP contribution is -2.35. The van der Waals surface area contributed by atoms with Crippen LogP contribution in [-0.2, 0) is 0 Å². The maximum Gasteiger partial charge on any atom is 0.268 e. The van der Waals surface area contributed by atoms with Gasteiger partial charge in [0, 0.05) is 18.3 Å². The predicted octanol–water partition coefficient (Wildman–Crippen LogP) is 2.71. The zero-order chi connectivity index (χ0) is 13.1. The van der Waals surface area contributed by atoms with E-state index in [0.29, 0.717) is 17.4 Å². The molecule has 3 N–H and O–H groups in total. The Labute approximate surface area is 109 Å². The maximum absolute atomic E-state index is 12.3. The molecule has 4 heteroatoms. The summed E-state index contributed by atoms with van der Waals surface area (Å²) in [5.41, 5.74) is 7.19. The molecule has 0 aliphatic heterocycles. The minimum Gasteiger partial charge on any atom is -0.397 e. The first-order chi connectivity index (χ1) is 8.65. The van der Waals surface area contributed by atoms with Crippen molar-refractivity contribution >= 4 is 11.6 Å². The zero-order valence-electron chi connectivity index (χ0n) is 11.3. The van der Waals surface area contributed by atoms with Gasteiger partial charge >= 0.3 is 0 Å². The number of carbonyl (C=O) groups is 1. The van der Waals surface area contributed by atoms with Crippen molar-refractivity contribution in [3.05, 3.63) is 18.0 Å². The second-order valence-electron chi connectivity index (χ2n) is 5.16. The normalized spacial score (nSPS) is 16.6. The Bertz CT molecular complexity index is 421. The van der Waals surface area contributed by atoms with E-state index in [2.05, 4.69) is 19.2 Å². The standard InChI is InChI=1S/C14H23N3O/c1-3-5-11(4-2)16-14(18)13-8-10(15)9-17(13)12-6-7-12/h8-9,11-12H,3-7,15H2,1-2H3,(H,16,18). The predicted molar refractivity (Wildman–Crippen MR) is 73.6 cm³/mol. The van der Waals surface area contributed by atoms with Gasteiger partial charge in [0.05, 0.1) is 5.69 Å². The number of nitrogens with zero attached hydrogens (tertiary/aromatic N) is 1. The van der Waals surface area contributed by atoms with Crippen molar-refractivity contribution < 1.29 is 4.79 Å². The highest BCUT2D eigenvalue weighted by atomic mass is 16.2. The third kappa shape index (κ3) is 2.86. The van der Waals surface area contributed by atoms with Crippen molar-refractivity contribution in [2.45, 2.75) is 58.0 Å². The van der Waals surface area contributed by atoms with Gasteiger partial charge in [-0.25, -0.2) is 0 Å². The molecule has 0 saturated heterocycles. The molecule has 0 aromatic carbocycles. The van der Waals surface area contributed by atoms with Crippen LogP contribution in [0.4, 0.5) is 5.69 Å². The molecule has 1 unspecified atom stereocenters. The molecule has 1 aliphatic carbocycles. The van der Waals surface area contributed by atoms with Gasteiger partial charge < -0.3 is 15.6 Å². The van der Waals surface area contributed by atoms with Crippen LogP contribution in [0.5, 0.6) is 0 Å². The van der Waals surface area contributed by atoms with Crippen LogP contribution < -0.4 is 11.1 Å². The highest BCUT2D eigenvalue weighted by Gasteiger charge is 2.28. The Hall–Kier alpha value is -1.45. The number of anilines is 1. The summed E-state index contributed by atoms with van der Waals surface area (Å²) in [6, 6.07) is 2.53. The summed E-state index contributed by atoms with van der Waals surface area (Å²) >= 11 is 0. The smallest absolute Gasteiger partial charge is 0.268 e. The molecule has 0 bridgehead atoms. The van der Waals surface area contributed by atoms with E-state index in [1.807, 2.05) is 10.8 Å². The van der Waals surface area contributed by atoms with Crippen molar-refractivity contribution in [2.24, 2.45) is 0 Å². The average Bonchev–Trinajstić information content (AvgIpc) is 3.11. The molecule has 2 rings (SSSR count). The first-order valence-corrected chi connectivity index (χ1v) is 6.93. The lowest BCUT2D eigenvalue weighted by molar-refractivity contribution is 0.0924. The van der Waals surface area contributed by atoms with Gasteiger partial charge in [-0.1, -0.05) is 20.3 Å². The van der Waals surface area contributed by atoms with Crippen LogP contribution in [0.1, 0.15) is 62.5 Å². The number of rotatable bonds is 6. The number of amides is 1. The van der Waals surface area contributed by atoms with Gasteiger partial charge in [-0.3, -0.25) is 4.79 Å². The van der Waals surface area contributed by atoms with Crippen LogP contribution >= 0.6 is 0 Å². The number of carbonyl (C=O) groups excluding carboxylic acids is 1. The van der Waals surface area contributed by atoms with Gasteiger partial charge in [0.15, 0.2) is 0 Å². The number of nitrogens with two attached hydrogens (primary N) is 1. The highest BCUT2D eigenvalue weighted by Crippen LogP contribution is 2.37. The van der Waals surface area contributed by atoms with E-state index in [1.165, 1.54) is 0 Å². The van der Waals surface area contributed by atoms with Crippen molar-refractivity contribution in [3.63, 3.8) is 0 Å². The summed E-state index contributed by atoms with van der Waals surface area (Å²) in [6.07, 6.45) is 7.28. The summed E-state index contributed by atoms with van der Waals surface area (Å²) in [7, 11) is 0. The van der Waals surface area contributed by atoms with Gasteiger partial charge in [0.1, 0.15) is 5.69 Å². The summed E-state index contributed by atoms with van der Waals surface area (Å²) in [4.78, 5) is 12.3. The van der Waals surface area contributed by atoms with Crippen molar-refractivity contribution in [2.75, 3.05) is 5.73 Å². The molecule has 1 aliphatic rings. The van der Waals surface area contributed by atoms with Crippen molar-refractivity contribution in [3.8, 4) is 0 Å². The second-order valence-corrected chi connectivity index (χ2v) is 5.16. The van der Waals surface area contributed by atoms with Crippen molar-refractivity contribution in [1.82, 2.24) is 9.88 Å². The first kappa shape index (κ1) is 13.0. The second kappa shape index (κ2) is 5.46. The minimum atomic E-state index is 0.0129. The maximum atomic E-state index is 12.3. The van der Waals surface area contributed by atoms with Crippen LogP contribution in [0, 0.1) is 0 Å². The quantitative estimate of drug-likeness (QED) is 0.814. The fourth-order valence-electron chi connectivity index (χ4n) is 2.32. The first-order valence-electron chi connectivity index (χ1n) is 6.93. The fraction of sp³-hybridized carbons (Fsp3) is 0.643. The largest absolute Gasteiger partial charge is 0.397 e. The van der Waals surface area contributed by atoms with Gasteiger partial charge in [-0.2, -0.15) is 0 Å². The van der Waals surface area contributed by atoms with Gasteiger partial charge in [0.25, 0.3) is 5.91 Å². The third-order valence-electron chi connectivity index (χ3n) is 3.51. The molecule has 1 atom stereocenters. The van der Waals surface area contributed by atoms with Crippen LogP contribution in [0.25, 0.3) is 0 Å². The summed E-state index contributed by atoms with van der Waals surface area (Å²) in [5, 5.41) is 3.10. The molecule has 1 aromatic heterocycles. The summed E-state index contributed by atoms with van der Waals surface area (Å²) in [5.74, 6) is 0.0129. The number of nitrogens with one attached hydrogen (secondary N) is 1. The molecule has 0 spiro atoms. The van der Waals surface area contributed by atoms with E-state index >= 15 is 0 Å². The molecule has 1 saturated carbocycles. The molecule has 4 nitrogen and oxygen atoms in total. The molecule has 0 radical (unpaired) electrons. The van der Waals surface area contributed by atoms with E-state index in [9.17, 15) is 4.79 Å². The topological polar surface area (TPSA) is 60.1 Å². The highest BCUT2D eigenvalue weighted by molar-refractivity contribution is 5.94. The fourth-order valence-corrected chi connectivity index (χ4v) is 2.32. The van der Waals surface area contributed by atoms with E-state index in [4.69, 9.17) is 5.73 Å². The van der Waals surface area contributed by atoms with Crippen LogP contribution in [0.15, 0.2) is 12.3 Å². The minimum absolute atomic E-state index is 0.0129. The summed E-state index contributed by atoms with van der Waals surface area (Å²) in [6.45, 7) is 4.24. The molecule has 1 aromatic rings. The molecule has 1 amide bonds. The van der Waals surface area contributed by atoms with Gasteiger partial charge in [-0.05, 0) is 31.7 Å². The van der Waals surface area contributed by atoms with Crippen LogP contribution in [0.3, 0.4) is 0 Å². The number of hydrogen-bond acceptors (Lipinski definition) is 2. The van der Waals surface area contributed by atoms with E-state index in [1.54, 1.807) is 6.07 Å². The van der Waals surface area contributed by atoms with E-state index < -0.39 is 0 Å². The Kier molecular flexibility index (Phi) is 3.94. The van der Waals surface area contributed by atoms with Gasteiger partial charge in [0.2, 0.25) is 0 Å². The molecular weight excluding hydrogens is 226 g/mol. The van der Waals surface area contributed by atoms with Crippen LogP contribution in [-0.4, -0.2) is 16.5 Å². The number of aromatic nitrogens is 1. The Morgan fingerprint density at radius 1 is 1.56 bits per heavy atom. The molecular formula is C14H23N3O. The van der Waals surface area contributed by atoms with Crippen LogP contribution in [0.2, 0.25) is 0 Å². The number of nitrogen functional groups attached to an aromatic ring is 1. The Morgan fingerprint density at radius 3 is 2.83 bits per heavy atom. The molecule has 1 fully saturated rings. The molecule has 18 heavy (non-hydrogen) atoms. The Balaban J connectivity index is 2.08. The lowest BCUT2D eigenvalue weighted by atomic mass is 10.1. The lowest BCUT2D eigenvalue weighted by Gasteiger charge is -2.16. The van der Waals surface area contributed by atoms with E-state index in [-0.39, 0.29) is 11.9 Å². The average molecular weight is 249 g/mol. The van der Waals surface area contributed by atoms with Gasteiger partial charge in [-0.15, -0.1) is 0 Å². The number of hydrogen-bond donors (Lipinski definition) is 2. The Morgan fingerprint density at radius 2 is 2.28 bits per heavy atom. The third-order valence-corrected chi connectivity index (χ3v) is 3.51. The molecule has 100 valence electrons. The molecule has 1 heterocycles. The monoisotopic (exact) mass is 249 g/mol. The van der Waals surface area contributed by atoms with E-state index in [0.717, 1.165) is 32.1 Å². The SMILES string of the molecule is CCCC(CC)NC(=O)c1cc(N)cn1C1CC1. The summed E-state index contributed by atoms with van der Waals surface area (Å²) < 4.78 is 2.03.